The number of carboxylic acids is 1. The summed E-state index contributed by atoms with van der Waals surface area (Å²) in [5, 5.41) is 13.5. The maximum absolute atomic E-state index is 11.0. The number of benzene rings is 1. The highest BCUT2D eigenvalue weighted by Gasteiger charge is 2.12. The predicted octanol–water partition coefficient (Wildman–Crippen LogP) is 3.16. The second kappa shape index (κ2) is 23.2. The van der Waals surface area contributed by atoms with Gasteiger partial charge >= 0.3 is 5.97 Å². The molecule has 0 saturated carbocycles. The van der Waals surface area contributed by atoms with Gasteiger partial charge in [-0.05, 0) is 51.7 Å². The number of hydrazine groups is 1. The molecule has 0 aliphatic carbocycles. The summed E-state index contributed by atoms with van der Waals surface area (Å²) in [5.74, 6) is 10.4. The molecule has 2 atom stereocenters. The van der Waals surface area contributed by atoms with E-state index in [-0.39, 0.29) is 0 Å². The number of allylic oxidation sites excluding steroid dienone is 3. The molecule has 0 fully saturated rings. The molecule has 0 amide bonds. The van der Waals surface area contributed by atoms with Crippen LogP contribution >= 0.6 is 0 Å². The highest BCUT2D eigenvalue weighted by atomic mass is 32.2. The van der Waals surface area contributed by atoms with Crippen molar-refractivity contribution in [3.63, 3.8) is 0 Å². The van der Waals surface area contributed by atoms with E-state index in [1.807, 2.05) is 63.3 Å². The molecule has 0 heterocycles. The van der Waals surface area contributed by atoms with Crippen LogP contribution in [0.4, 0.5) is 0 Å². The molecule has 1 aromatic carbocycles. The second-order valence-corrected chi connectivity index (χ2v) is 7.95. The van der Waals surface area contributed by atoms with Crippen molar-refractivity contribution in [2.45, 2.75) is 59.3 Å². The van der Waals surface area contributed by atoms with Crippen LogP contribution in [0.3, 0.4) is 0 Å². The Kier molecular flexibility index (Phi) is 24.7. The summed E-state index contributed by atoms with van der Waals surface area (Å²) in [7, 11) is -0.894. The number of amidine groups is 1. The van der Waals surface area contributed by atoms with E-state index in [0.29, 0.717) is 18.0 Å². The molecule has 0 aliphatic heterocycles. The maximum Gasteiger partial charge on any atom is 0.320 e. The van der Waals surface area contributed by atoms with Gasteiger partial charge in [-0.1, -0.05) is 49.4 Å². The minimum absolute atomic E-state index is 0.291. The lowest BCUT2D eigenvalue weighted by Gasteiger charge is -2.12. The van der Waals surface area contributed by atoms with Crippen LogP contribution in [-0.2, 0) is 27.8 Å². The van der Waals surface area contributed by atoms with Gasteiger partial charge in [-0.15, -0.1) is 6.58 Å². The van der Waals surface area contributed by atoms with Crippen LogP contribution in [0.15, 0.2) is 54.2 Å². The number of hydrogen-bond donors (Lipinski definition) is 4. The third-order valence-electron chi connectivity index (χ3n) is 3.70. The smallest absolute Gasteiger partial charge is 0.320 e. The van der Waals surface area contributed by atoms with Crippen LogP contribution < -0.4 is 17.4 Å². The lowest BCUT2D eigenvalue weighted by Crippen LogP contribution is -2.35. The fraction of sp³-hybridized carbons (Fsp3) is 0.478. The van der Waals surface area contributed by atoms with E-state index in [4.69, 9.17) is 22.5 Å². The van der Waals surface area contributed by atoms with Crippen LogP contribution in [0.25, 0.3) is 0 Å². The zero-order chi connectivity index (χ0) is 25.5. The summed E-state index contributed by atoms with van der Waals surface area (Å²) in [4.78, 5) is 10.6. The number of rotatable bonds is 7. The first-order valence-electron chi connectivity index (χ1n) is 10.3. The molecule has 1 rings (SSSR count). The number of aliphatic carboxylic acids is 1. The number of carbonyl (C=O) groups is 1. The average molecular weight is 470 g/mol. The molecule has 0 radical (unpaired) electrons. The SMILES string of the molecule is C/C=C\C.C=CCC.CCN(N)/C(C)=N\N.CS(=O)Cc1cccc(CC(N)C(=O)O)c1. The number of nitrogens with two attached hydrogens (primary N) is 3. The zero-order valence-electron chi connectivity index (χ0n) is 20.5. The van der Waals surface area contributed by atoms with Crippen molar-refractivity contribution in [2.75, 3.05) is 12.8 Å². The van der Waals surface area contributed by atoms with Gasteiger partial charge in [-0.2, -0.15) is 5.10 Å². The fourth-order valence-electron chi connectivity index (χ4n) is 1.73. The summed E-state index contributed by atoms with van der Waals surface area (Å²) in [5.41, 5.74) is 7.24. The minimum atomic E-state index is -1.01. The summed E-state index contributed by atoms with van der Waals surface area (Å²) < 4.78 is 11.0. The van der Waals surface area contributed by atoms with E-state index in [9.17, 15) is 9.00 Å². The highest BCUT2D eigenvalue weighted by molar-refractivity contribution is 7.83. The molecule has 1 aromatic rings. The topological polar surface area (TPSA) is 148 Å². The van der Waals surface area contributed by atoms with Crippen molar-refractivity contribution >= 4 is 22.6 Å². The van der Waals surface area contributed by atoms with Crippen molar-refractivity contribution in [3.8, 4) is 0 Å². The van der Waals surface area contributed by atoms with Crippen molar-refractivity contribution in [2.24, 2.45) is 22.5 Å². The summed E-state index contributed by atoms with van der Waals surface area (Å²) in [6.45, 7) is 13.9. The van der Waals surface area contributed by atoms with E-state index in [1.54, 1.807) is 13.2 Å². The molecule has 0 aliphatic rings. The molecular weight excluding hydrogens is 426 g/mol. The Morgan fingerprint density at radius 1 is 1.28 bits per heavy atom. The molecule has 0 aromatic heterocycles. The largest absolute Gasteiger partial charge is 0.480 e. The number of hydrogen-bond acceptors (Lipinski definition) is 6. The molecule has 32 heavy (non-hydrogen) atoms. The first-order valence-corrected chi connectivity index (χ1v) is 12.1. The highest BCUT2D eigenvalue weighted by Crippen LogP contribution is 2.09. The molecule has 9 heteroatoms. The van der Waals surface area contributed by atoms with Gasteiger partial charge in [0, 0.05) is 29.4 Å². The fourth-order valence-corrected chi connectivity index (χ4v) is 2.37. The third kappa shape index (κ3) is 22.2. The van der Waals surface area contributed by atoms with Gasteiger partial charge in [0.05, 0.1) is 0 Å². The summed E-state index contributed by atoms with van der Waals surface area (Å²) in [6, 6.07) is 6.49. The number of hydrazone groups is 1. The lowest BCUT2D eigenvalue weighted by molar-refractivity contribution is -0.138. The molecule has 0 saturated heterocycles. The van der Waals surface area contributed by atoms with Crippen molar-refractivity contribution in [1.29, 1.82) is 0 Å². The first-order chi connectivity index (χ1) is 15.0. The molecule has 0 bridgehead atoms. The van der Waals surface area contributed by atoms with Gasteiger partial charge in [-0.3, -0.25) is 14.0 Å². The third-order valence-corrected chi connectivity index (χ3v) is 4.44. The quantitative estimate of drug-likeness (QED) is 0.158. The van der Waals surface area contributed by atoms with Gasteiger partial charge < -0.3 is 16.7 Å². The van der Waals surface area contributed by atoms with E-state index in [0.717, 1.165) is 24.1 Å². The summed E-state index contributed by atoms with van der Waals surface area (Å²) >= 11 is 0. The Morgan fingerprint density at radius 3 is 2.09 bits per heavy atom. The Morgan fingerprint density at radius 2 is 1.78 bits per heavy atom. The second-order valence-electron chi connectivity index (χ2n) is 6.51. The molecular formula is C23H43N5O3S. The zero-order valence-corrected chi connectivity index (χ0v) is 21.3. The molecule has 2 unspecified atom stereocenters. The Labute approximate surface area is 196 Å². The Balaban J connectivity index is -0.000000437. The normalized spacial score (nSPS) is 12.1. The molecule has 7 N–H and O–H groups in total. The van der Waals surface area contributed by atoms with Crippen molar-refractivity contribution in [3.05, 3.63) is 60.2 Å². The number of carboxylic acid groups (broad SMARTS) is 1. The van der Waals surface area contributed by atoms with Gasteiger partial charge in [-0.25, -0.2) is 5.84 Å². The van der Waals surface area contributed by atoms with Crippen LogP contribution in [0, 0.1) is 0 Å². The van der Waals surface area contributed by atoms with Crippen LogP contribution in [0.2, 0.25) is 0 Å². The summed E-state index contributed by atoms with van der Waals surface area (Å²) in [6.07, 6.45) is 8.88. The Bertz CT molecular complexity index is 705. The van der Waals surface area contributed by atoms with Crippen LogP contribution in [0.5, 0.6) is 0 Å². The first kappa shape index (κ1) is 34.1. The van der Waals surface area contributed by atoms with Gasteiger partial charge in [0.1, 0.15) is 11.9 Å². The molecule has 184 valence electrons. The number of nitrogens with zero attached hydrogens (tertiary/aromatic N) is 2. The van der Waals surface area contributed by atoms with Crippen LogP contribution in [-0.4, -0.2) is 45.0 Å². The van der Waals surface area contributed by atoms with Crippen molar-refractivity contribution in [1.82, 2.24) is 5.01 Å². The van der Waals surface area contributed by atoms with Gasteiger partial charge in [0.2, 0.25) is 0 Å². The van der Waals surface area contributed by atoms with E-state index >= 15 is 0 Å². The van der Waals surface area contributed by atoms with E-state index in [2.05, 4.69) is 18.6 Å². The van der Waals surface area contributed by atoms with Crippen LogP contribution in [0.1, 0.15) is 52.2 Å². The monoisotopic (exact) mass is 469 g/mol. The maximum atomic E-state index is 11.0. The standard InChI is InChI=1S/C11H15NO3S.C4H12N4.2C4H8/c1-16(15)7-9-4-2-3-8(5-9)6-10(12)11(13)14;1-3-8(6)4(2)7-5;2*1-3-4-2/h2-5,10H,6-7,12H2,1H3,(H,13,14);3,5-6H2,1-2H3;3-4H,1-2H3;3H,1,4H2,2H3/b;7-4-;4-3-;. The van der Waals surface area contributed by atoms with Gasteiger partial charge in [0.25, 0.3) is 0 Å². The molecule has 8 nitrogen and oxygen atoms in total. The van der Waals surface area contributed by atoms with E-state index in [1.165, 1.54) is 5.01 Å². The Hall–Kier alpha value is -2.49. The average Bonchev–Trinajstić information content (AvgIpc) is 2.78. The lowest BCUT2D eigenvalue weighted by atomic mass is 10.0. The van der Waals surface area contributed by atoms with Crippen molar-refractivity contribution < 1.29 is 14.1 Å². The minimum Gasteiger partial charge on any atom is -0.480 e. The predicted molar refractivity (Wildman–Crippen MR) is 138 cm³/mol. The van der Waals surface area contributed by atoms with E-state index < -0.39 is 22.8 Å². The van der Waals surface area contributed by atoms with Gasteiger partial charge in [0.15, 0.2) is 0 Å². The molecule has 0 spiro atoms.